The number of hydrogen-bond acceptors (Lipinski definition) is 7. The van der Waals surface area contributed by atoms with Crippen molar-refractivity contribution in [3.05, 3.63) is 107 Å². The van der Waals surface area contributed by atoms with Gasteiger partial charge in [-0.1, -0.05) is 44.5 Å². The number of esters is 1. The van der Waals surface area contributed by atoms with Crippen molar-refractivity contribution >= 4 is 17.6 Å². The van der Waals surface area contributed by atoms with Crippen LogP contribution in [0.5, 0.6) is 11.5 Å². The second kappa shape index (κ2) is 15.2. The number of fused-ring (bicyclic) bond motifs is 2. The third kappa shape index (κ3) is 9.05. The van der Waals surface area contributed by atoms with Crippen LogP contribution >= 0.6 is 0 Å². The second-order valence-corrected chi connectivity index (χ2v) is 11.5. The van der Waals surface area contributed by atoms with Crippen LogP contribution in [0.4, 0.5) is 0 Å². The maximum absolute atomic E-state index is 11.9. The van der Waals surface area contributed by atoms with Crippen LogP contribution in [-0.2, 0) is 31.8 Å². The van der Waals surface area contributed by atoms with E-state index in [0.29, 0.717) is 35.9 Å². The summed E-state index contributed by atoms with van der Waals surface area (Å²) in [5.41, 5.74) is 7.13. The van der Waals surface area contributed by atoms with Gasteiger partial charge in [0.15, 0.2) is 6.29 Å². The Morgan fingerprint density at radius 2 is 1.64 bits per heavy atom. The summed E-state index contributed by atoms with van der Waals surface area (Å²) >= 11 is 0. The number of carbonyl (C=O) groups is 1. The number of aliphatic hydroxyl groups is 1. The van der Waals surface area contributed by atoms with E-state index in [0.717, 1.165) is 72.1 Å². The summed E-state index contributed by atoms with van der Waals surface area (Å²) in [7, 11) is 0. The Kier molecular flexibility index (Phi) is 11.4. The zero-order valence-corrected chi connectivity index (χ0v) is 26.2. The Balaban J connectivity index is 1.52. The lowest BCUT2D eigenvalue weighted by Crippen LogP contribution is -2.13. The molecule has 234 valence electrons. The lowest BCUT2D eigenvalue weighted by Gasteiger charge is -2.16. The van der Waals surface area contributed by atoms with E-state index in [9.17, 15) is 9.90 Å². The molecule has 3 atom stereocenters. The van der Waals surface area contributed by atoms with Crippen LogP contribution in [0.3, 0.4) is 0 Å². The van der Waals surface area contributed by atoms with Crippen LogP contribution in [0.1, 0.15) is 68.7 Å². The van der Waals surface area contributed by atoms with Gasteiger partial charge < -0.3 is 28.8 Å². The molecule has 2 heterocycles. The Morgan fingerprint density at radius 1 is 0.932 bits per heavy atom. The number of carbonyl (C=O) groups excluding carboxylic acids is 1. The number of rotatable bonds is 17. The van der Waals surface area contributed by atoms with Crippen LogP contribution in [-0.4, -0.2) is 43.0 Å². The minimum atomic E-state index is -0.936. The van der Waals surface area contributed by atoms with Gasteiger partial charge in [0.1, 0.15) is 23.4 Å². The predicted molar refractivity (Wildman–Crippen MR) is 173 cm³/mol. The molecule has 0 aliphatic carbocycles. The van der Waals surface area contributed by atoms with Gasteiger partial charge in [0.25, 0.3) is 0 Å². The largest absolute Gasteiger partial charge is 0.494 e. The lowest BCUT2D eigenvalue weighted by atomic mass is 9.94. The van der Waals surface area contributed by atoms with Crippen LogP contribution in [0.25, 0.3) is 11.6 Å². The van der Waals surface area contributed by atoms with Crippen LogP contribution in [0.15, 0.2) is 85.2 Å². The SMILES string of the molecule is C=C(C)C(=C)OCCCCc1cc2c(c(CCCCOC(O)C(=C)C)c1)OC1OC1C(c1ccc(OC(=O)C(=C)C)cc1)=C2. The molecule has 1 N–H and O–H groups in total. The highest BCUT2D eigenvalue weighted by Crippen LogP contribution is 2.45. The van der Waals surface area contributed by atoms with Gasteiger partial charge in [0.2, 0.25) is 6.29 Å². The van der Waals surface area contributed by atoms with Crippen LogP contribution in [0.2, 0.25) is 0 Å². The number of aliphatic hydroxyl groups excluding tert-OH is 1. The Morgan fingerprint density at radius 3 is 2.32 bits per heavy atom. The first kappa shape index (κ1) is 33.0. The number of benzene rings is 2. The minimum absolute atomic E-state index is 0.182. The van der Waals surface area contributed by atoms with Crippen molar-refractivity contribution in [1.29, 1.82) is 0 Å². The fraction of sp³-hybridized carbons (Fsp3) is 0.378. The number of epoxide rings is 1. The molecule has 44 heavy (non-hydrogen) atoms. The highest BCUT2D eigenvalue weighted by atomic mass is 16.8. The molecular weight excluding hydrogens is 556 g/mol. The standard InChI is InChI=1S/C37H44O7/c1-23(2)26(7)40-18-10-8-12-27-20-29(13-9-11-19-41-35(38)24(3)4)33-30(21-27)22-32(34-37(43-33)44-34)28-14-16-31(17-15-28)42-36(39)25(5)6/h14-17,20-22,34-35,37-38H,1,3,5,7-13,18-19H2,2,4,6H3. The van der Waals surface area contributed by atoms with Gasteiger partial charge in [0, 0.05) is 11.1 Å². The summed E-state index contributed by atoms with van der Waals surface area (Å²) in [6, 6.07) is 11.9. The summed E-state index contributed by atoms with van der Waals surface area (Å²) in [5, 5.41) is 9.87. The van der Waals surface area contributed by atoms with Gasteiger partial charge in [0.05, 0.1) is 13.2 Å². The first-order chi connectivity index (χ1) is 21.0. The molecule has 2 aliphatic heterocycles. The molecule has 7 nitrogen and oxygen atoms in total. The molecule has 1 saturated heterocycles. The van der Waals surface area contributed by atoms with Crippen molar-refractivity contribution < 1.29 is 33.6 Å². The fourth-order valence-electron chi connectivity index (χ4n) is 4.80. The van der Waals surface area contributed by atoms with Crippen LogP contribution in [0, 0.1) is 0 Å². The maximum Gasteiger partial charge on any atom is 0.338 e. The van der Waals surface area contributed by atoms with Gasteiger partial charge in [-0.05, 0) is 117 Å². The Labute approximate surface area is 261 Å². The van der Waals surface area contributed by atoms with Gasteiger partial charge in [-0.3, -0.25) is 0 Å². The molecule has 0 amide bonds. The average Bonchev–Trinajstić information content (AvgIpc) is 3.76. The molecular formula is C37H44O7. The molecule has 4 rings (SSSR count). The van der Waals surface area contributed by atoms with E-state index < -0.39 is 12.3 Å². The molecule has 0 spiro atoms. The van der Waals surface area contributed by atoms with E-state index in [4.69, 9.17) is 23.7 Å². The normalized spacial score (nSPS) is 17.1. The molecule has 0 bridgehead atoms. The van der Waals surface area contributed by atoms with Crippen molar-refractivity contribution in [2.75, 3.05) is 13.2 Å². The quantitative estimate of drug-likeness (QED) is 0.0232. The first-order valence-electron chi connectivity index (χ1n) is 15.1. The van der Waals surface area contributed by atoms with Gasteiger partial charge in [-0.2, -0.15) is 0 Å². The molecule has 0 saturated carbocycles. The van der Waals surface area contributed by atoms with E-state index in [2.05, 4.69) is 44.5 Å². The molecule has 1 fully saturated rings. The fourth-order valence-corrected chi connectivity index (χ4v) is 4.80. The third-order valence-electron chi connectivity index (χ3n) is 7.45. The van der Waals surface area contributed by atoms with E-state index in [1.165, 1.54) is 5.56 Å². The van der Waals surface area contributed by atoms with Gasteiger partial charge in [-0.25, -0.2) is 4.79 Å². The van der Waals surface area contributed by atoms with E-state index in [1.54, 1.807) is 26.0 Å². The summed E-state index contributed by atoms with van der Waals surface area (Å²) in [4.78, 5) is 11.9. The minimum Gasteiger partial charge on any atom is -0.494 e. The summed E-state index contributed by atoms with van der Waals surface area (Å²) in [6.45, 7) is 21.4. The molecule has 2 aromatic carbocycles. The summed E-state index contributed by atoms with van der Waals surface area (Å²) in [5.74, 6) is 1.48. The highest BCUT2D eigenvalue weighted by Gasteiger charge is 2.47. The summed E-state index contributed by atoms with van der Waals surface area (Å²) < 4.78 is 28.9. The monoisotopic (exact) mass is 600 g/mol. The predicted octanol–water partition coefficient (Wildman–Crippen LogP) is 7.49. The van der Waals surface area contributed by atoms with E-state index in [-0.39, 0.29) is 12.4 Å². The number of aryl methyl sites for hydroxylation is 2. The highest BCUT2D eigenvalue weighted by molar-refractivity contribution is 5.90. The summed E-state index contributed by atoms with van der Waals surface area (Å²) in [6.07, 6.45) is 5.90. The molecule has 0 aromatic heterocycles. The van der Waals surface area contributed by atoms with E-state index >= 15 is 0 Å². The first-order valence-corrected chi connectivity index (χ1v) is 15.1. The van der Waals surface area contributed by atoms with Crippen molar-refractivity contribution in [1.82, 2.24) is 0 Å². The zero-order chi connectivity index (χ0) is 31.8. The molecule has 2 aromatic rings. The molecule has 0 radical (unpaired) electrons. The smallest absolute Gasteiger partial charge is 0.338 e. The number of hydrogen-bond donors (Lipinski definition) is 1. The average molecular weight is 601 g/mol. The topological polar surface area (TPSA) is 86.8 Å². The van der Waals surface area contributed by atoms with Crippen molar-refractivity contribution in [3.63, 3.8) is 0 Å². The number of allylic oxidation sites excluding steroid dienone is 1. The van der Waals surface area contributed by atoms with Gasteiger partial charge in [-0.15, -0.1) is 0 Å². The molecule has 2 aliphatic rings. The third-order valence-corrected chi connectivity index (χ3v) is 7.45. The van der Waals surface area contributed by atoms with E-state index in [1.807, 2.05) is 19.1 Å². The number of unbranched alkanes of at least 4 members (excludes halogenated alkanes) is 2. The lowest BCUT2D eigenvalue weighted by molar-refractivity contribution is -0.130. The number of ether oxygens (including phenoxy) is 5. The van der Waals surface area contributed by atoms with Crippen molar-refractivity contribution in [2.24, 2.45) is 0 Å². The van der Waals surface area contributed by atoms with Gasteiger partial charge >= 0.3 is 5.97 Å². The van der Waals surface area contributed by atoms with Crippen molar-refractivity contribution in [2.45, 2.75) is 78.0 Å². The molecule has 7 heteroatoms. The zero-order valence-electron chi connectivity index (χ0n) is 26.2. The van der Waals surface area contributed by atoms with Crippen molar-refractivity contribution in [3.8, 4) is 11.5 Å². The second-order valence-electron chi connectivity index (χ2n) is 11.5. The maximum atomic E-state index is 11.9. The Bertz CT molecular complexity index is 1430. The van der Waals surface area contributed by atoms with Crippen LogP contribution < -0.4 is 9.47 Å². The molecule has 3 unspecified atom stereocenters. The Hall–Kier alpha value is -3.91.